The number of hydrogen-bond donors (Lipinski definition) is 1. The van der Waals surface area contributed by atoms with Gasteiger partial charge in [0.25, 0.3) is 0 Å². The average Bonchev–Trinajstić information content (AvgIpc) is 2.70. The molecule has 126 valence electrons. The lowest BCUT2D eigenvalue weighted by atomic mass is 10.2. The minimum atomic E-state index is -4.91. The van der Waals surface area contributed by atoms with Crippen LogP contribution in [0.4, 0.5) is 4.39 Å². The van der Waals surface area contributed by atoms with Gasteiger partial charge in [0, 0.05) is 0 Å². The molecule has 8 heteroatoms. The van der Waals surface area contributed by atoms with Crippen molar-refractivity contribution >= 4 is 25.8 Å². The normalized spacial score (nSPS) is 21.4. The molecule has 0 amide bonds. The summed E-state index contributed by atoms with van der Waals surface area (Å²) in [6, 6.07) is 13.0. The zero-order chi connectivity index (χ0) is 17.6. The molecule has 0 saturated carbocycles. The van der Waals surface area contributed by atoms with Gasteiger partial charge in [-0.25, -0.2) is 21.2 Å². The lowest BCUT2D eigenvalue weighted by Crippen LogP contribution is -2.46. The van der Waals surface area contributed by atoms with E-state index < -0.39 is 39.9 Å². The second kappa shape index (κ2) is 5.51. The smallest absolute Gasteiger partial charge is 0.346 e. The number of hydrogen-bond acceptors (Lipinski definition) is 5. The van der Waals surface area contributed by atoms with E-state index in [1.54, 1.807) is 30.3 Å². The zero-order valence-corrected chi connectivity index (χ0v) is 13.8. The molecular formula is C16H13FO5S2. The maximum atomic E-state index is 15.3. The summed E-state index contributed by atoms with van der Waals surface area (Å²) in [5, 5.41) is 10.1. The summed E-state index contributed by atoms with van der Waals surface area (Å²) in [5.74, 6) is 0. The molecule has 1 aliphatic heterocycles. The third kappa shape index (κ3) is 2.14. The third-order valence-electron chi connectivity index (χ3n) is 3.78. The highest BCUT2D eigenvalue weighted by Crippen LogP contribution is 2.48. The average molecular weight is 368 g/mol. The van der Waals surface area contributed by atoms with Gasteiger partial charge in [-0.2, -0.15) is 0 Å². The Kier molecular flexibility index (Phi) is 3.86. The van der Waals surface area contributed by atoms with Gasteiger partial charge in [0.2, 0.25) is 19.7 Å². The third-order valence-corrected chi connectivity index (χ3v) is 9.05. The molecule has 0 bridgehead atoms. The van der Waals surface area contributed by atoms with Crippen LogP contribution in [0.5, 0.6) is 0 Å². The molecule has 24 heavy (non-hydrogen) atoms. The zero-order valence-electron chi connectivity index (χ0n) is 12.2. The van der Waals surface area contributed by atoms with Crippen LogP contribution in [0.1, 0.15) is 5.56 Å². The van der Waals surface area contributed by atoms with Gasteiger partial charge in [-0.3, -0.25) is 0 Å². The molecule has 0 spiro atoms. The van der Waals surface area contributed by atoms with Gasteiger partial charge in [-0.15, -0.1) is 0 Å². The van der Waals surface area contributed by atoms with Crippen molar-refractivity contribution in [1.29, 1.82) is 0 Å². The van der Waals surface area contributed by atoms with Crippen molar-refractivity contribution in [3.8, 4) is 0 Å². The Labute approximate surface area is 138 Å². The number of aliphatic hydroxyl groups excluding tert-OH is 1. The van der Waals surface area contributed by atoms with Crippen molar-refractivity contribution in [2.75, 3.05) is 0 Å². The quantitative estimate of drug-likeness (QED) is 0.894. The number of aliphatic hydroxyl groups is 1. The van der Waals surface area contributed by atoms with Crippen molar-refractivity contribution in [2.24, 2.45) is 0 Å². The molecule has 2 aromatic rings. The minimum absolute atomic E-state index is 0.561. The van der Waals surface area contributed by atoms with Gasteiger partial charge >= 0.3 is 4.33 Å². The SMILES string of the molecule is O=S1(=O)c2ccccc2S(=O)(=O)C1(F)C(O)/C=C/c1ccccc1. The summed E-state index contributed by atoms with van der Waals surface area (Å²) in [6.07, 6.45) is -0.281. The van der Waals surface area contributed by atoms with Gasteiger partial charge in [-0.05, 0) is 17.7 Å². The topological polar surface area (TPSA) is 88.5 Å². The van der Waals surface area contributed by atoms with E-state index >= 15 is 4.39 Å². The molecule has 0 aliphatic carbocycles. The predicted molar refractivity (Wildman–Crippen MR) is 86.1 cm³/mol. The summed E-state index contributed by atoms with van der Waals surface area (Å²) >= 11 is 0. The van der Waals surface area contributed by atoms with E-state index in [0.29, 0.717) is 5.56 Å². The molecule has 5 nitrogen and oxygen atoms in total. The number of sulfone groups is 2. The Bertz CT molecular complexity index is 958. The van der Waals surface area contributed by atoms with Crippen LogP contribution in [0.15, 0.2) is 70.5 Å². The summed E-state index contributed by atoms with van der Waals surface area (Å²) in [4.78, 5) is -1.28. The molecule has 0 fully saturated rings. The lowest BCUT2D eigenvalue weighted by Gasteiger charge is -2.21. The fraction of sp³-hybridized carbons (Fsp3) is 0.125. The Hall–Kier alpha value is -2.03. The molecular weight excluding hydrogens is 355 g/mol. The summed E-state index contributed by atoms with van der Waals surface area (Å²) in [5.41, 5.74) is 0.561. The van der Waals surface area contributed by atoms with E-state index in [-0.39, 0.29) is 0 Å². The van der Waals surface area contributed by atoms with Crippen LogP contribution in [0.3, 0.4) is 0 Å². The Morgan fingerprint density at radius 1 is 0.875 bits per heavy atom. The van der Waals surface area contributed by atoms with Crippen LogP contribution in [0.25, 0.3) is 6.08 Å². The maximum absolute atomic E-state index is 15.3. The number of fused-ring (bicyclic) bond motifs is 1. The first-order valence-corrected chi connectivity index (χ1v) is 9.88. The molecule has 0 aromatic heterocycles. The van der Waals surface area contributed by atoms with Crippen LogP contribution in [0.2, 0.25) is 0 Å². The van der Waals surface area contributed by atoms with Gasteiger partial charge in [-0.1, -0.05) is 54.6 Å². The first-order chi connectivity index (χ1) is 11.2. The minimum Gasteiger partial charge on any atom is -0.383 e. The van der Waals surface area contributed by atoms with E-state index in [1.165, 1.54) is 18.2 Å². The van der Waals surface area contributed by atoms with Crippen LogP contribution in [0, 0.1) is 0 Å². The van der Waals surface area contributed by atoms with Crippen molar-refractivity contribution in [3.63, 3.8) is 0 Å². The van der Waals surface area contributed by atoms with Crippen molar-refractivity contribution < 1.29 is 26.3 Å². The van der Waals surface area contributed by atoms with Crippen LogP contribution < -0.4 is 0 Å². The summed E-state index contributed by atoms with van der Waals surface area (Å²) in [7, 11) is -9.83. The van der Waals surface area contributed by atoms with E-state index in [2.05, 4.69) is 0 Å². The Morgan fingerprint density at radius 2 is 1.33 bits per heavy atom. The summed E-state index contributed by atoms with van der Waals surface area (Å²) < 4.78 is 61.1. The fourth-order valence-corrected chi connectivity index (χ4v) is 7.46. The number of alkyl halides is 1. The highest BCUT2D eigenvalue weighted by Gasteiger charge is 2.67. The molecule has 0 saturated heterocycles. The highest BCUT2D eigenvalue weighted by molar-refractivity contribution is 8.12. The van der Waals surface area contributed by atoms with Crippen molar-refractivity contribution in [3.05, 3.63) is 66.2 Å². The van der Waals surface area contributed by atoms with Crippen molar-refractivity contribution in [1.82, 2.24) is 0 Å². The molecule has 3 rings (SSSR count). The van der Waals surface area contributed by atoms with E-state index in [1.807, 2.05) is 0 Å². The highest BCUT2D eigenvalue weighted by atomic mass is 32.3. The molecule has 1 unspecified atom stereocenters. The number of benzene rings is 2. The van der Waals surface area contributed by atoms with Crippen LogP contribution >= 0.6 is 0 Å². The Balaban J connectivity index is 2.12. The molecule has 2 aromatic carbocycles. The van der Waals surface area contributed by atoms with Crippen LogP contribution in [-0.4, -0.2) is 32.4 Å². The van der Waals surface area contributed by atoms with E-state index in [4.69, 9.17) is 0 Å². The molecule has 1 N–H and O–H groups in total. The van der Waals surface area contributed by atoms with E-state index in [9.17, 15) is 21.9 Å². The standard InChI is InChI=1S/C16H13FO5S2/c17-16(15(18)11-10-12-6-2-1-3-7-12)23(19,20)13-8-4-5-9-14(13)24(16,21)22/h1-11,15,18H/b11-10+. The first kappa shape index (κ1) is 16.8. The number of halogens is 1. The van der Waals surface area contributed by atoms with Gasteiger partial charge in [0.15, 0.2) is 0 Å². The monoisotopic (exact) mass is 368 g/mol. The number of rotatable bonds is 3. The molecule has 1 atom stereocenters. The van der Waals surface area contributed by atoms with E-state index in [0.717, 1.165) is 18.2 Å². The van der Waals surface area contributed by atoms with Gasteiger partial charge in [0.1, 0.15) is 6.10 Å². The lowest BCUT2D eigenvalue weighted by molar-refractivity contribution is 0.136. The second-order valence-corrected chi connectivity index (χ2v) is 9.59. The fourth-order valence-electron chi connectivity index (χ4n) is 2.54. The molecule has 0 radical (unpaired) electrons. The maximum Gasteiger partial charge on any atom is 0.346 e. The molecule has 1 heterocycles. The predicted octanol–water partition coefficient (Wildman–Crippen LogP) is 1.95. The largest absolute Gasteiger partial charge is 0.383 e. The van der Waals surface area contributed by atoms with Gasteiger partial charge in [0.05, 0.1) is 9.79 Å². The Morgan fingerprint density at radius 3 is 1.83 bits per heavy atom. The van der Waals surface area contributed by atoms with Gasteiger partial charge < -0.3 is 5.11 Å². The van der Waals surface area contributed by atoms with Crippen LogP contribution in [-0.2, 0) is 19.7 Å². The second-order valence-electron chi connectivity index (χ2n) is 5.25. The van der Waals surface area contributed by atoms with Crippen molar-refractivity contribution in [2.45, 2.75) is 20.2 Å². The summed E-state index contributed by atoms with van der Waals surface area (Å²) in [6.45, 7) is 0. The first-order valence-electron chi connectivity index (χ1n) is 6.91. The molecule has 1 aliphatic rings.